The fraction of sp³-hybridized carbons (Fsp3) is 0.0588. The number of hydrogen-bond donors (Lipinski definition) is 0. The van der Waals surface area contributed by atoms with Crippen molar-refractivity contribution in [1.82, 2.24) is 9.78 Å². The minimum atomic E-state index is -0.384. The molecule has 0 atom stereocenters. The molecule has 0 bridgehead atoms. The summed E-state index contributed by atoms with van der Waals surface area (Å²) in [6.07, 6.45) is 0. The number of carbonyl (C=O) groups is 1. The van der Waals surface area contributed by atoms with Crippen LogP contribution < -0.4 is 0 Å². The van der Waals surface area contributed by atoms with Gasteiger partial charge < -0.3 is 4.74 Å². The molecule has 0 aliphatic rings. The molecular weight excluding hydrogens is 363 g/mol. The van der Waals surface area contributed by atoms with Gasteiger partial charge in [0.2, 0.25) is 0 Å². The van der Waals surface area contributed by atoms with Gasteiger partial charge in [0.25, 0.3) is 0 Å². The smallest absolute Gasteiger partial charge is 0.337 e. The maximum atomic E-state index is 13.1. The van der Waals surface area contributed by atoms with E-state index in [1.165, 1.54) is 19.2 Å². The van der Waals surface area contributed by atoms with E-state index in [0.29, 0.717) is 10.2 Å². The van der Waals surface area contributed by atoms with Crippen molar-refractivity contribution in [1.29, 1.82) is 0 Å². The van der Waals surface area contributed by atoms with Gasteiger partial charge in [0.15, 0.2) is 0 Å². The Hall–Kier alpha value is -2.47. The highest BCUT2D eigenvalue weighted by Gasteiger charge is 2.12. The van der Waals surface area contributed by atoms with Gasteiger partial charge in [-0.25, -0.2) is 13.9 Å². The number of esters is 1. The molecule has 3 aromatic rings. The summed E-state index contributed by atoms with van der Waals surface area (Å²) in [5.74, 6) is -0.686. The van der Waals surface area contributed by atoms with E-state index in [9.17, 15) is 9.18 Å². The molecule has 116 valence electrons. The van der Waals surface area contributed by atoms with Crippen molar-refractivity contribution in [3.8, 4) is 16.9 Å². The molecule has 0 radical (unpaired) electrons. The van der Waals surface area contributed by atoms with Crippen molar-refractivity contribution in [2.75, 3.05) is 7.11 Å². The largest absolute Gasteiger partial charge is 0.465 e. The summed E-state index contributed by atoms with van der Waals surface area (Å²) < 4.78 is 20.2. The first kappa shape index (κ1) is 15.4. The summed E-state index contributed by atoms with van der Waals surface area (Å²) in [7, 11) is 1.34. The summed E-state index contributed by atoms with van der Waals surface area (Å²) in [4.78, 5) is 11.5. The highest BCUT2D eigenvalue weighted by molar-refractivity contribution is 9.10. The first-order valence-electron chi connectivity index (χ1n) is 6.79. The molecule has 4 nitrogen and oxygen atoms in total. The van der Waals surface area contributed by atoms with Crippen LogP contribution in [0.3, 0.4) is 0 Å². The first-order valence-corrected chi connectivity index (χ1v) is 7.58. The molecule has 6 heteroatoms. The van der Waals surface area contributed by atoms with Crippen LogP contribution in [0, 0.1) is 5.82 Å². The van der Waals surface area contributed by atoms with E-state index < -0.39 is 0 Å². The number of rotatable bonds is 3. The fourth-order valence-corrected chi connectivity index (χ4v) is 2.61. The maximum absolute atomic E-state index is 13.1. The lowest BCUT2D eigenvalue weighted by atomic mass is 10.1. The number of nitrogens with zero attached hydrogens (tertiary/aromatic N) is 2. The van der Waals surface area contributed by atoms with Crippen molar-refractivity contribution >= 4 is 21.9 Å². The lowest BCUT2D eigenvalue weighted by Gasteiger charge is -2.08. The van der Waals surface area contributed by atoms with E-state index in [1.54, 1.807) is 28.9 Å². The molecule has 0 spiro atoms. The van der Waals surface area contributed by atoms with Crippen LogP contribution in [0.5, 0.6) is 0 Å². The summed E-state index contributed by atoms with van der Waals surface area (Å²) in [6.45, 7) is 0. The fourth-order valence-electron chi connectivity index (χ4n) is 2.23. The van der Waals surface area contributed by atoms with Crippen molar-refractivity contribution in [2.24, 2.45) is 0 Å². The van der Waals surface area contributed by atoms with Crippen LogP contribution in [0.15, 0.2) is 59.2 Å². The number of aromatic nitrogens is 2. The molecule has 1 aromatic heterocycles. The van der Waals surface area contributed by atoms with E-state index >= 15 is 0 Å². The minimum Gasteiger partial charge on any atom is -0.465 e. The number of benzene rings is 2. The van der Waals surface area contributed by atoms with Crippen LogP contribution in [0.1, 0.15) is 10.4 Å². The van der Waals surface area contributed by atoms with E-state index in [0.717, 1.165) is 16.9 Å². The molecule has 0 saturated heterocycles. The highest BCUT2D eigenvalue weighted by atomic mass is 79.9. The molecule has 0 N–H and O–H groups in total. The number of carbonyl (C=O) groups excluding carboxylic acids is 1. The zero-order valence-corrected chi connectivity index (χ0v) is 13.7. The SMILES string of the molecule is COC(=O)c1ccc(-c2cc(Br)nn2-c2ccc(F)cc2)cc1. The zero-order chi connectivity index (χ0) is 16.4. The van der Waals surface area contributed by atoms with Gasteiger partial charge in [-0.05, 0) is 58.4 Å². The zero-order valence-electron chi connectivity index (χ0n) is 12.2. The summed E-state index contributed by atoms with van der Waals surface area (Å²) in [5, 5.41) is 4.38. The normalized spacial score (nSPS) is 10.6. The monoisotopic (exact) mass is 374 g/mol. The Labute approximate surface area is 140 Å². The second kappa shape index (κ2) is 6.34. The van der Waals surface area contributed by atoms with Gasteiger partial charge in [-0.1, -0.05) is 12.1 Å². The first-order chi connectivity index (χ1) is 11.1. The summed E-state index contributed by atoms with van der Waals surface area (Å²) in [6, 6.07) is 14.9. The Morgan fingerprint density at radius 2 is 1.78 bits per heavy atom. The van der Waals surface area contributed by atoms with Gasteiger partial charge in [-0.15, -0.1) is 0 Å². The topological polar surface area (TPSA) is 44.1 Å². The Kier molecular flexibility index (Phi) is 4.25. The van der Waals surface area contributed by atoms with Crippen LogP contribution in [0.4, 0.5) is 4.39 Å². The van der Waals surface area contributed by atoms with E-state index in [4.69, 9.17) is 4.74 Å². The van der Waals surface area contributed by atoms with Gasteiger partial charge in [-0.2, -0.15) is 5.10 Å². The standard InChI is InChI=1S/C17H12BrFN2O2/c1-23-17(22)12-4-2-11(3-5-12)15-10-16(18)20-21(15)14-8-6-13(19)7-9-14/h2-10H,1H3. The van der Waals surface area contributed by atoms with E-state index in [-0.39, 0.29) is 11.8 Å². The summed E-state index contributed by atoms with van der Waals surface area (Å²) in [5.41, 5.74) is 2.91. The van der Waals surface area contributed by atoms with Crippen LogP contribution in [0.25, 0.3) is 16.9 Å². The maximum Gasteiger partial charge on any atom is 0.337 e. The van der Waals surface area contributed by atoms with Gasteiger partial charge in [0, 0.05) is 5.56 Å². The van der Waals surface area contributed by atoms with E-state index in [2.05, 4.69) is 21.0 Å². The molecule has 0 saturated carbocycles. The molecule has 2 aromatic carbocycles. The second-order valence-corrected chi connectivity index (χ2v) is 5.62. The van der Waals surface area contributed by atoms with Crippen molar-refractivity contribution in [3.05, 3.63) is 70.6 Å². The van der Waals surface area contributed by atoms with Crippen LogP contribution in [0.2, 0.25) is 0 Å². The predicted molar refractivity (Wildman–Crippen MR) is 88.0 cm³/mol. The molecule has 0 amide bonds. The molecule has 0 aliphatic heterocycles. The minimum absolute atomic E-state index is 0.302. The lowest BCUT2D eigenvalue weighted by molar-refractivity contribution is 0.0601. The molecule has 3 rings (SSSR count). The number of methoxy groups -OCH3 is 1. The van der Waals surface area contributed by atoms with Crippen LogP contribution >= 0.6 is 15.9 Å². The summed E-state index contributed by atoms with van der Waals surface area (Å²) >= 11 is 3.36. The molecule has 1 heterocycles. The average Bonchev–Trinajstić information content (AvgIpc) is 2.97. The third-order valence-electron chi connectivity index (χ3n) is 3.35. The number of ether oxygens (including phenoxy) is 1. The van der Waals surface area contributed by atoms with Crippen LogP contribution in [-0.2, 0) is 4.74 Å². The highest BCUT2D eigenvalue weighted by Crippen LogP contribution is 2.26. The van der Waals surface area contributed by atoms with Crippen LogP contribution in [-0.4, -0.2) is 22.9 Å². The van der Waals surface area contributed by atoms with Gasteiger partial charge in [0.05, 0.1) is 24.1 Å². The Morgan fingerprint density at radius 3 is 2.39 bits per heavy atom. The Balaban J connectivity index is 2.03. The lowest BCUT2D eigenvalue weighted by Crippen LogP contribution is -2.01. The number of halogens is 2. The van der Waals surface area contributed by atoms with Crippen molar-refractivity contribution in [3.63, 3.8) is 0 Å². The van der Waals surface area contributed by atoms with E-state index in [1.807, 2.05) is 18.2 Å². The third kappa shape index (κ3) is 3.17. The van der Waals surface area contributed by atoms with Gasteiger partial charge in [-0.3, -0.25) is 0 Å². The molecule has 0 unspecified atom stereocenters. The Bertz CT molecular complexity index is 842. The Morgan fingerprint density at radius 1 is 1.13 bits per heavy atom. The third-order valence-corrected chi connectivity index (χ3v) is 3.74. The molecule has 0 fully saturated rings. The molecular formula is C17H12BrFN2O2. The molecule has 23 heavy (non-hydrogen) atoms. The molecule has 0 aliphatic carbocycles. The predicted octanol–water partition coefficient (Wildman–Crippen LogP) is 4.23. The second-order valence-electron chi connectivity index (χ2n) is 4.81. The number of hydrogen-bond acceptors (Lipinski definition) is 3. The van der Waals surface area contributed by atoms with Gasteiger partial charge in [0.1, 0.15) is 10.4 Å². The quantitative estimate of drug-likeness (QED) is 0.644. The average molecular weight is 375 g/mol. The van der Waals surface area contributed by atoms with Gasteiger partial charge >= 0.3 is 5.97 Å². The van der Waals surface area contributed by atoms with Crippen molar-refractivity contribution < 1.29 is 13.9 Å². The van der Waals surface area contributed by atoms with Crippen molar-refractivity contribution in [2.45, 2.75) is 0 Å².